The molecule has 0 radical (unpaired) electrons. The lowest BCUT2D eigenvalue weighted by atomic mass is 10.1. The van der Waals surface area contributed by atoms with Gasteiger partial charge in [-0.15, -0.1) is 0 Å². The number of hydrogen-bond donors (Lipinski definition) is 3. The van der Waals surface area contributed by atoms with E-state index in [4.69, 9.17) is 5.11 Å². The van der Waals surface area contributed by atoms with Crippen LogP contribution in [0.3, 0.4) is 0 Å². The molecule has 2 amide bonds. The van der Waals surface area contributed by atoms with Gasteiger partial charge in [0.25, 0.3) is 11.8 Å². The van der Waals surface area contributed by atoms with Crippen LogP contribution < -0.4 is 10.6 Å². The molecule has 0 fully saturated rings. The van der Waals surface area contributed by atoms with E-state index in [9.17, 15) is 14.4 Å². The van der Waals surface area contributed by atoms with Crippen LogP contribution in [0, 0.1) is 5.92 Å². The molecule has 2 rings (SSSR count). The molecule has 114 valence electrons. The highest BCUT2D eigenvalue weighted by Gasteiger charge is 2.25. The summed E-state index contributed by atoms with van der Waals surface area (Å²) in [6.45, 7) is 6.39. The summed E-state index contributed by atoms with van der Waals surface area (Å²) in [5.74, 6) is -1.22. The average Bonchev–Trinajstić information content (AvgIpc) is 2.72. The van der Waals surface area contributed by atoms with Crippen LogP contribution in [0.4, 0.5) is 0 Å². The minimum absolute atomic E-state index is 0.150. The van der Waals surface area contributed by atoms with E-state index in [1.807, 2.05) is 20.8 Å². The van der Waals surface area contributed by atoms with Crippen molar-refractivity contribution in [3.05, 3.63) is 35.4 Å². The van der Waals surface area contributed by atoms with E-state index in [1.54, 1.807) is 24.3 Å². The molecule has 3 N–H and O–H groups in total. The van der Waals surface area contributed by atoms with Crippen LogP contribution in [-0.4, -0.2) is 35.5 Å². The van der Waals surface area contributed by atoms with E-state index >= 15 is 0 Å². The highest BCUT2D eigenvalue weighted by Crippen LogP contribution is 2.13. The van der Waals surface area contributed by atoms with Gasteiger partial charge in [0.2, 0.25) is 0 Å². The van der Waals surface area contributed by atoms with Crippen molar-refractivity contribution in [1.29, 1.82) is 0 Å². The summed E-state index contributed by atoms with van der Waals surface area (Å²) in [5.41, 5.74) is 0.940. The molecule has 0 aliphatic carbocycles. The third kappa shape index (κ3) is 4.39. The van der Waals surface area contributed by atoms with Crippen LogP contribution in [0.25, 0.3) is 0 Å². The van der Waals surface area contributed by atoms with Crippen molar-refractivity contribution < 1.29 is 19.5 Å². The number of carbonyl (C=O) groups is 3. The van der Waals surface area contributed by atoms with E-state index in [1.165, 1.54) is 0 Å². The second-order valence-corrected chi connectivity index (χ2v) is 4.95. The first-order valence-electron chi connectivity index (χ1n) is 6.79. The Morgan fingerprint density at radius 2 is 1.67 bits per heavy atom. The highest BCUT2D eigenvalue weighted by molar-refractivity contribution is 6.21. The maximum absolute atomic E-state index is 10.9. The summed E-state index contributed by atoms with van der Waals surface area (Å²) in [7, 11) is 0. The number of nitrogens with one attached hydrogen (secondary N) is 2. The predicted molar refractivity (Wildman–Crippen MR) is 78.2 cm³/mol. The molecular formula is C15H20N2O4. The Morgan fingerprint density at radius 3 is 1.95 bits per heavy atom. The van der Waals surface area contributed by atoms with Gasteiger partial charge >= 0.3 is 5.97 Å². The fraction of sp³-hybridized carbons (Fsp3) is 0.400. The second kappa shape index (κ2) is 7.54. The van der Waals surface area contributed by atoms with Gasteiger partial charge in [-0.05, 0) is 24.6 Å². The van der Waals surface area contributed by atoms with Crippen LogP contribution >= 0.6 is 0 Å². The van der Waals surface area contributed by atoms with Crippen LogP contribution in [0.1, 0.15) is 41.5 Å². The van der Waals surface area contributed by atoms with Crippen molar-refractivity contribution in [3.63, 3.8) is 0 Å². The number of aliphatic carboxylic acids is 1. The Bertz CT molecular complexity index is 507. The van der Waals surface area contributed by atoms with Gasteiger partial charge in [-0.3, -0.25) is 19.7 Å². The summed E-state index contributed by atoms with van der Waals surface area (Å²) >= 11 is 0. The summed E-state index contributed by atoms with van der Waals surface area (Å²) in [5, 5.41) is 13.7. The van der Waals surface area contributed by atoms with Crippen molar-refractivity contribution in [1.82, 2.24) is 10.6 Å². The monoisotopic (exact) mass is 292 g/mol. The van der Waals surface area contributed by atoms with E-state index in [0.29, 0.717) is 17.7 Å². The molecule has 1 aromatic carbocycles. The van der Waals surface area contributed by atoms with Gasteiger partial charge in [0.05, 0.1) is 11.1 Å². The molecule has 0 saturated carbocycles. The number of imide groups is 1. The molecule has 0 spiro atoms. The molecule has 1 atom stereocenters. The Hall–Kier alpha value is -2.21. The lowest BCUT2D eigenvalue weighted by Crippen LogP contribution is -2.40. The SMILES string of the molecule is CCN[C@H](C(=O)O)C(C)C.O=C1NC(=O)c2ccccc21. The average molecular weight is 292 g/mol. The third-order valence-corrected chi connectivity index (χ3v) is 3.00. The highest BCUT2D eigenvalue weighted by atomic mass is 16.4. The summed E-state index contributed by atoms with van der Waals surface area (Å²) in [6.07, 6.45) is 0. The number of likely N-dealkylation sites (N-methyl/N-ethyl adjacent to an activating group) is 1. The number of hydrogen-bond acceptors (Lipinski definition) is 4. The van der Waals surface area contributed by atoms with Gasteiger partial charge < -0.3 is 10.4 Å². The molecular weight excluding hydrogens is 272 g/mol. The minimum atomic E-state index is -0.767. The number of benzene rings is 1. The summed E-state index contributed by atoms with van der Waals surface area (Å²) < 4.78 is 0. The van der Waals surface area contributed by atoms with Gasteiger partial charge in [-0.1, -0.05) is 32.9 Å². The van der Waals surface area contributed by atoms with Gasteiger partial charge in [0.1, 0.15) is 6.04 Å². The van der Waals surface area contributed by atoms with Crippen molar-refractivity contribution >= 4 is 17.8 Å². The van der Waals surface area contributed by atoms with Gasteiger partial charge in [0.15, 0.2) is 0 Å². The maximum Gasteiger partial charge on any atom is 0.320 e. The zero-order valence-corrected chi connectivity index (χ0v) is 12.3. The molecule has 21 heavy (non-hydrogen) atoms. The molecule has 0 aromatic heterocycles. The number of fused-ring (bicyclic) bond motifs is 1. The smallest absolute Gasteiger partial charge is 0.320 e. The van der Waals surface area contributed by atoms with Crippen molar-refractivity contribution in [2.45, 2.75) is 26.8 Å². The zero-order valence-electron chi connectivity index (χ0n) is 12.3. The molecule has 6 heteroatoms. The van der Waals surface area contributed by atoms with Crippen molar-refractivity contribution in [3.8, 4) is 0 Å². The van der Waals surface area contributed by atoms with Crippen molar-refractivity contribution in [2.24, 2.45) is 5.92 Å². The number of carboxylic acids is 1. The third-order valence-electron chi connectivity index (χ3n) is 3.00. The molecule has 1 aromatic rings. The first kappa shape index (κ1) is 16.8. The molecule has 1 heterocycles. The van der Waals surface area contributed by atoms with E-state index in [0.717, 1.165) is 0 Å². The van der Waals surface area contributed by atoms with Gasteiger partial charge in [-0.2, -0.15) is 0 Å². The summed E-state index contributed by atoms with van der Waals surface area (Å²) in [6, 6.07) is 6.34. The Balaban J connectivity index is 0.000000212. The maximum atomic E-state index is 10.9. The number of rotatable bonds is 4. The lowest BCUT2D eigenvalue weighted by molar-refractivity contribution is -0.140. The molecule has 0 bridgehead atoms. The van der Waals surface area contributed by atoms with E-state index < -0.39 is 12.0 Å². The topological polar surface area (TPSA) is 95.5 Å². The molecule has 1 aliphatic rings. The standard InChI is InChI=1S/C8H5NO2.C7H15NO2/c10-7-5-3-1-2-4-6(5)8(11)9-7;1-4-8-6(5(2)3)7(9)10/h1-4H,(H,9,10,11);5-6,8H,4H2,1-3H3,(H,9,10)/t;6-/m.0/s1. The summed E-state index contributed by atoms with van der Waals surface area (Å²) in [4.78, 5) is 32.4. The zero-order chi connectivity index (χ0) is 16.0. The Labute approximate surface area is 123 Å². The molecule has 6 nitrogen and oxygen atoms in total. The fourth-order valence-electron chi connectivity index (χ4n) is 1.94. The van der Waals surface area contributed by atoms with Crippen LogP contribution in [-0.2, 0) is 4.79 Å². The number of carboxylic acid groups (broad SMARTS) is 1. The molecule has 0 saturated heterocycles. The number of carbonyl (C=O) groups excluding carboxylic acids is 2. The van der Waals surface area contributed by atoms with Crippen LogP contribution in [0.5, 0.6) is 0 Å². The Morgan fingerprint density at radius 1 is 1.19 bits per heavy atom. The number of amides is 2. The van der Waals surface area contributed by atoms with Crippen LogP contribution in [0.15, 0.2) is 24.3 Å². The first-order chi connectivity index (χ1) is 9.88. The van der Waals surface area contributed by atoms with Gasteiger partial charge in [-0.25, -0.2) is 0 Å². The van der Waals surface area contributed by atoms with E-state index in [2.05, 4.69) is 10.6 Å². The largest absolute Gasteiger partial charge is 0.480 e. The molecule has 1 aliphatic heterocycles. The fourth-order valence-corrected chi connectivity index (χ4v) is 1.94. The van der Waals surface area contributed by atoms with E-state index in [-0.39, 0.29) is 17.7 Å². The lowest BCUT2D eigenvalue weighted by Gasteiger charge is -2.15. The first-order valence-corrected chi connectivity index (χ1v) is 6.79. The van der Waals surface area contributed by atoms with Gasteiger partial charge in [0, 0.05) is 0 Å². The van der Waals surface area contributed by atoms with Crippen LogP contribution in [0.2, 0.25) is 0 Å². The van der Waals surface area contributed by atoms with Crippen molar-refractivity contribution in [2.75, 3.05) is 6.54 Å². The quantitative estimate of drug-likeness (QED) is 0.726. The predicted octanol–water partition coefficient (Wildman–Crippen LogP) is 1.28. The molecule has 0 unspecified atom stereocenters. The Kier molecular flexibility index (Phi) is 6.05. The second-order valence-electron chi connectivity index (χ2n) is 4.95. The normalized spacial score (nSPS) is 14.1. The minimum Gasteiger partial charge on any atom is -0.480 e.